The molecule has 19 heavy (non-hydrogen) atoms. The molecule has 0 fully saturated rings. The number of fused-ring (bicyclic) bond motifs is 1. The second-order valence-corrected chi connectivity index (χ2v) is 4.21. The molecule has 0 aliphatic rings. The number of hydrogen-bond acceptors (Lipinski definition) is 2. The van der Waals surface area contributed by atoms with E-state index in [1.807, 2.05) is 36.4 Å². The highest BCUT2D eigenvalue weighted by Gasteiger charge is 2.16. The molecule has 0 atom stereocenters. The summed E-state index contributed by atoms with van der Waals surface area (Å²) in [5, 5.41) is 9.12. The van der Waals surface area contributed by atoms with Gasteiger partial charge in [0, 0.05) is 17.3 Å². The molecule has 1 aromatic carbocycles. The van der Waals surface area contributed by atoms with Crippen LogP contribution < -0.4 is 0 Å². The van der Waals surface area contributed by atoms with Gasteiger partial charge in [-0.2, -0.15) is 5.26 Å². The van der Waals surface area contributed by atoms with Gasteiger partial charge in [-0.05, 0) is 18.2 Å². The average Bonchev–Trinajstić information content (AvgIpc) is 2.86. The summed E-state index contributed by atoms with van der Waals surface area (Å²) in [5.41, 5.74) is 2.41. The first-order chi connectivity index (χ1) is 9.31. The van der Waals surface area contributed by atoms with E-state index in [9.17, 15) is 4.79 Å². The minimum Gasteiger partial charge on any atom is -0.308 e. The molecular weight excluding hydrogens is 236 g/mol. The molecule has 0 N–H and O–H groups in total. The van der Waals surface area contributed by atoms with Crippen molar-refractivity contribution in [2.24, 2.45) is 0 Å². The number of carbonyl (C=O) groups is 1. The summed E-state index contributed by atoms with van der Waals surface area (Å²) < 4.78 is 1.73. The second kappa shape index (κ2) is 4.43. The number of aromatic nitrogens is 1. The van der Waals surface area contributed by atoms with Crippen LogP contribution in [-0.2, 0) is 0 Å². The molecule has 2 aromatic heterocycles. The predicted octanol–water partition coefficient (Wildman–Crippen LogP) is 3.04. The minimum absolute atomic E-state index is 0.0641. The van der Waals surface area contributed by atoms with Crippen molar-refractivity contribution in [2.75, 3.05) is 0 Å². The van der Waals surface area contributed by atoms with Gasteiger partial charge in [0.05, 0.1) is 5.52 Å². The lowest BCUT2D eigenvalue weighted by Crippen LogP contribution is -2.00. The fourth-order valence-corrected chi connectivity index (χ4v) is 2.17. The number of nitrogens with zero attached hydrogens (tertiary/aromatic N) is 2. The van der Waals surface area contributed by atoms with Crippen molar-refractivity contribution in [1.82, 2.24) is 4.40 Å². The Morgan fingerprint density at radius 3 is 2.53 bits per heavy atom. The van der Waals surface area contributed by atoms with Gasteiger partial charge < -0.3 is 4.40 Å². The number of carbonyl (C=O) groups excluding carboxylic acids is 1. The number of ketones is 1. The molecule has 0 saturated heterocycles. The third-order valence-corrected chi connectivity index (χ3v) is 3.07. The summed E-state index contributed by atoms with van der Waals surface area (Å²) in [7, 11) is 0. The first kappa shape index (κ1) is 11.2. The van der Waals surface area contributed by atoms with E-state index in [2.05, 4.69) is 6.07 Å². The third kappa shape index (κ3) is 1.80. The number of pyridine rings is 1. The van der Waals surface area contributed by atoms with Gasteiger partial charge in [-0.25, -0.2) is 0 Å². The fraction of sp³-hybridized carbons (Fsp3) is 0. The molecule has 0 saturated carbocycles. The number of rotatable bonds is 2. The molecule has 0 aliphatic carbocycles. The lowest BCUT2D eigenvalue weighted by molar-refractivity contribution is 0.104. The topological polar surface area (TPSA) is 45.3 Å². The Morgan fingerprint density at radius 2 is 1.79 bits per heavy atom. The quantitative estimate of drug-likeness (QED) is 0.652. The van der Waals surface area contributed by atoms with Crippen LogP contribution in [0, 0.1) is 11.3 Å². The van der Waals surface area contributed by atoms with E-state index in [1.54, 1.807) is 28.8 Å². The lowest BCUT2D eigenvalue weighted by atomic mass is 10.0. The van der Waals surface area contributed by atoms with Gasteiger partial charge >= 0.3 is 0 Å². The first-order valence-corrected chi connectivity index (χ1v) is 5.91. The van der Waals surface area contributed by atoms with Crippen molar-refractivity contribution in [3.8, 4) is 6.07 Å². The van der Waals surface area contributed by atoms with Crippen molar-refractivity contribution in [1.29, 1.82) is 5.26 Å². The molecule has 0 amide bonds. The van der Waals surface area contributed by atoms with E-state index in [0.717, 1.165) is 5.52 Å². The number of hydrogen-bond donors (Lipinski definition) is 0. The van der Waals surface area contributed by atoms with Gasteiger partial charge in [0.2, 0.25) is 0 Å². The van der Waals surface area contributed by atoms with Crippen molar-refractivity contribution in [3.63, 3.8) is 0 Å². The standard InChI is InChI=1S/C16H10N2O/c17-11-13-10-14(15-8-4-5-9-18(13)15)16(19)12-6-2-1-3-7-12/h1-10H. The van der Waals surface area contributed by atoms with Gasteiger partial charge in [-0.3, -0.25) is 4.79 Å². The summed E-state index contributed by atoms with van der Waals surface area (Å²) in [5.74, 6) is -0.0641. The minimum atomic E-state index is -0.0641. The third-order valence-electron chi connectivity index (χ3n) is 3.07. The van der Waals surface area contributed by atoms with Crippen molar-refractivity contribution in [2.45, 2.75) is 0 Å². The van der Waals surface area contributed by atoms with Crippen molar-refractivity contribution >= 4 is 11.3 Å². The molecule has 3 aromatic rings. The molecule has 0 radical (unpaired) electrons. The highest BCUT2D eigenvalue weighted by Crippen LogP contribution is 2.20. The summed E-state index contributed by atoms with van der Waals surface area (Å²) in [4.78, 5) is 12.5. The Kier molecular flexibility index (Phi) is 2.62. The molecule has 2 heterocycles. The average molecular weight is 246 g/mol. The molecular formula is C16H10N2O. The smallest absolute Gasteiger partial charge is 0.195 e. The zero-order valence-electron chi connectivity index (χ0n) is 10.1. The largest absolute Gasteiger partial charge is 0.308 e. The molecule has 3 heteroatoms. The van der Waals surface area contributed by atoms with Gasteiger partial charge in [-0.1, -0.05) is 36.4 Å². The maximum atomic E-state index is 12.5. The number of nitriles is 1. The van der Waals surface area contributed by atoms with Crippen LogP contribution in [0.15, 0.2) is 60.8 Å². The van der Waals surface area contributed by atoms with E-state index in [0.29, 0.717) is 16.8 Å². The van der Waals surface area contributed by atoms with Crippen LogP contribution in [0.5, 0.6) is 0 Å². The molecule has 0 unspecified atom stereocenters. The van der Waals surface area contributed by atoms with Gasteiger partial charge in [0.15, 0.2) is 5.78 Å². The molecule has 3 rings (SSSR count). The highest BCUT2D eigenvalue weighted by molar-refractivity contribution is 6.13. The van der Waals surface area contributed by atoms with Gasteiger partial charge in [0.25, 0.3) is 0 Å². The number of benzene rings is 1. The highest BCUT2D eigenvalue weighted by atomic mass is 16.1. The fourth-order valence-electron chi connectivity index (χ4n) is 2.17. The van der Waals surface area contributed by atoms with Crippen LogP contribution in [0.4, 0.5) is 0 Å². The Hall–Kier alpha value is -2.86. The Morgan fingerprint density at radius 1 is 1.05 bits per heavy atom. The summed E-state index contributed by atoms with van der Waals surface area (Å²) in [6, 6.07) is 18.4. The summed E-state index contributed by atoms with van der Waals surface area (Å²) >= 11 is 0. The van der Waals surface area contributed by atoms with Crippen molar-refractivity contribution < 1.29 is 4.79 Å². The van der Waals surface area contributed by atoms with Crippen molar-refractivity contribution in [3.05, 3.63) is 77.6 Å². The first-order valence-electron chi connectivity index (χ1n) is 5.91. The Balaban J connectivity index is 2.22. The maximum absolute atomic E-state index is 12.5. The normalized spacial score (nSPS) is 10.3. The predicted molar refractivity (Wildman–Crippen MR) is 72.0 cm³/mol. The summed E-state index contributed by atoms with van der Waals surface area (Å²) in [6.45, 7) is 0. The van der Waals surface area contributed by atoms with E-state index in [1.165, 1.54) is 0 Å². The van der Waals surface area contributed by atoms with Gasteiger partial charge in [-0.15, -0.1) is 0 Å². The zero-order chi connectivity index (χ0) is 13.2. The second-order valence-electron chi connectivity index (χ2n) is 4.21. The molecule has 3 nitrogen and oxygen atoms in total. The van der Waals surface area contributed by atoms with Crippen LogP contribution in [-0.4, -0.2) is 10.2 Å². The molecule has 0 aliphatic heterocycles. The zero-order valence-corrected chi connectivity index (χ0v) is 10.1. The van der Waals surface area contributed by atoms with Crippen LogP contribution >= 0.6 is 0 Å². The van der Waals surface area contributed by atoms with Gasteiger partial charge in [0.1, 0.15) is 11.8 Å². The van der Waals surface area contributed by atoms with Crippen LogP contribution in [0.1, 0.15) is 21.6 Å². The maximum Gasteiger partial charge on any atom is 0.195 e. The monoisotopic (exact) mass is 246 g/mol. The van der Waals surface area contributed by atoms with E-state index in [4.69, 9.17) is 5.26 Å². The van der Waals surface area contributed by atoms with Crippen LogP contribution in [0.25, 0.3) is 5.52 Å². The molecule has 0 spiro atoms. The van der Waals surface area contributed by atoms with Crippen LogP contribution in [0.2, 0.25) is 0 Å². The lowest BCUT2D eigenvalue weighted by Gasteiger charge is -2.00. The van der Waals surface area contributed by atoms with E-state index < -0.39 is 0 Å². The Bertz CT molecular complexity index is 794. The van der Waals surface area contributed by atoms with E-state index in [-0.39, 0.29) is 5.78 Å². The van der Waals surface area contributed by atoms with E-state index >= 15 is 0 Å². The van der Waals surface area contributed by atoms with Crippen LogP contribution in [0.3, 0.4) is 0 Å². The molecule has 90 valence electrons. The SMILES string of the molecule is N#Cc1cc(C(=O)c2ccccc2)c2ccccn12. The molecule has 0 bridgehead atoms. The Labute approximate surface area is 110 Å². The summed E-state index contributed by atoms with van der Waals surface area (Å²) in [6.07, 6.45) is 1.79.